The van der Waals surface area contributed by atoms with Crippen LogP contribution in [-0.2, 0) is 11.2 Å². The Kier molecular flexibility index (Phi) is 4.14. The summed E-state index contributed by atoms with van der Waals surface area (Å²) in [6, 6.07) is 4.07. The number of piperidine rings is 1. The number of benzene rings is 1. The lowest BCUT2D eigenvalue weighted by Crippen LogP contribution is -2.48. The third-order valence-electron chi connectivity index (χ3n) is 3.61. The molecule has 2 rings (SSSR count). The molecule has 3 nitrogen and oxygen atoms in total. The molecule has 1 heterocycles. The third-order valence-corrected chi connectivity index (χ3v) is 3.61. The third kappa shape index (κ3) is 3.10. The zero-order chi connectivity index (χ0) is 14.0. The van der Waals surface area contributed by atoms with E-state index in [4.69, 9.17) is 5.73 Å². The molecular weight excluding hydrogens is 250 g/mol. The van der Waals surface area contributed by atoms with Gasteiger partial charge in [0.25, 0.3) is 0 Å². The number of carbonyl (C=O) groups excluding carboxylic acids is 1. The van der Waals surface area contributed by atoms with E-state index in [1.54, 1.807) is 4.90 Å². The molecule has 0 aromatic heterocycles. The Morgan fingerprint density at radius 2 is 2.21 bits per heavy atom. The van der Waals surface area contributed by atoms with Crippen molar-refractivity contribution in [1.29, 1.82) is 0 Å². The summed E-state index contributed by atoms with van der Waals surface area (Å²) in [4.78, 5) is 13.8. The van der Waals surface area contributed by atoms with Crippen LogP contribution in [0.5, 0.6) is 0 Å². The minimum absolute atomic E-state index is 0.0490. The lowest BCUT2D eigenvalue weighted by molar-refractivity contribution is -0.133. The van der Waals surface area contributed by atoms with E-state index in [1.807, 2.05) is 6.92 Å². The Morgan fingerprint density at radius 1 is 1.47 bits per heavy atom. The summed E-state index contributed by atoms with van der Waals surface area (Å²) in [5.74, 6) is -2.03. The van der Waals surface area contributed by atoms with E-state index in [1.165, 1.54) is 12.1 Å². The first-order valence-corrected chi connectivity index (χ1v) is 6.47. The average molecular weight is 268 g/mol. The lowest BCUT2D eigenvalue weighted by Gasteiger charge is -2.36. The lowest BCUT2D eigenvalue weighted by atomic mass is 9.98. The van der Waals surface area contributed by atoms with E-state index >= 15 is 0 Å². The van der Waals surface area contributed by atoms with E-state index in [-0.39, 0.29) is 30.0 Å². The second-order valence-electron chi connectivity index (χ2n) is 5.11. The number of hydrogen-bond donors (Lipinski definition) is 1. The maximum atomic E-state index is 13.5. The van der Waals surface area contributed by atoms with Gasteiger partial charge >= 0.3 is 0 Å². The smallest absolute Gasteiger partial charge is 0.227 e. The summed E-state index contributed by atoms with van der Waals surface area (Å²) in [6.45, 7) is 2.51. The molecule has 5 heteroatoms. The van der Waals surface area contributed by atoms with Gasteiger partial charge in [0, 0.05) is 24.2 Å². The highest BCUT2D eigenvalue weighted by Gasteiger charge is 2.27. The van der Waals surface area contributed by atoms with E-state index in [0.717, 1.165) is 18.9 Å². The zero-order valence-corrected chi connectivity index (χ0v) is 10.9. The Labute approximate surface area is 111 Å². The summed E-state index contributed by atoms with van der Waals surface area (Å²) >= 11 is 0. The molecular formula is C14H18F2N2O. The Morgan fingerprint density at radius 3 is 2.89 bits per heavy atom. The average Bonchev–Trinajstić information content (AvgIpc) is 2.34. The first kappa shape index (κ1) is 13.9. The van der Waals surface area contributed by atoms with Gasteiger partial charge in [0.05, 0.1) is 6.42 Å². The number of hydrogen-bond acceptors (Lipinski definition) is 2. The van der Waals surface area contributed by atoms with Crippen LogP contribution in [-0.4, -0.2) is 29.4 Å². The van der Waals surface area contributed by atoms with Gasteiger partial charge in [-0.1, -0.05) is 12.1 Å². The first-order chi connectivity index (χ1) is 8.99. The van der Waals surface area contributed by atoms with Crippen LogP contribution in [0.3, 0.4) is 0 Å². The van der Waals surface area contributed by atoms with Crippen molar-refractivity contribution in [2.24, 2.45) is 5.73 Å². The Hall–Kier alpha value is -1.49. The number of rotatable bonds is 2. The van der Waals surface area contributed by atoms with Crippen LogP contribution >= 0.6 is 0 Å². The fourth-order valence-electron chi connectivity index (χ4n) is 2.53. The molecule has 2 N–H and O–H groups in total. The van der Waals surface area contributed by atoms with Gasteiger partial charge < -0.3 is 10.6 Å². The fraction of sp³-hybridized carbons (Fsp3) is 0.500. The van der Waals surface area contributed by atoms with Gasteiger partial charge in [0.1, 0.15) is 0 Å². The number of amides is 1. The van der Waals surface area contributed by atoms with Gasteiger partial charge in [-0.05, 0) is 25.8 Å². The number of nitrogens with zero attached hydrogens (tertiary/aromatic N) is 1. The molecule has 1 aromatic carbocycles. The molecule has 104 valence electrons. The summed E-state index contributed by atoms with van der Waals surface area (Å²) in [6.07, 6.45) is 1.39. The largest absolute Gasteiger partial charge is 0.340 e. The monoisotopic (exact) mass is 268 g/mol. The second-order valence-corrected chi connectivity index (χ2v) is 5.11. The predicted octanol–water partition coefficient (Wildman–Crippen LogP) is 1.85. The van der Waals surface area contributed by atoms with Crippen LogP contribution in [0.1, 0.15) is 25.3 Å². The molecule has 1 saturated heterocycles. The highest BCUT2D eigenvalue weighted by molar-refractivity contribution is 5.79. The van der Waals surface area contributed by atoms with E-state index in [2.05, 4.69) is 0 Å². The Balaban J connectivity index is 2.07. The molecule has 1 amide bonds. The standard InChI is InChI=1S/C14H18F2N2O/c1-9-7-11(17)5-6-18(9)13(19)8-10-3-2-4-12(15)14(10)16/h2-4,9,11H,5-8,17H2,1H3. The van der Waals surface area contributed by atoms with E-state index in [9.17, 15) is 13.6 Å². The SMILES string of the molecule is CC1CC(N)CCN1C(=O)Cc1cccc(F)c1F. The molecule has 1 aliphatic rings. The highest BCUT2D eigenvalue weighted by atomic mass is 19.2. The highest BCUT2D eigenvalue weighted by Crippen LogP contribution is 2.19. The maximum absolute atomic E-state index is 13.5. The fourth-order valence-corrected chi connectivity index (χ4v) is 2.53. The molecule has 0 saturated carbocycles. The van der Waals surface area contributed by atoms with Gasteiger partial charge in [-0.3, -0.25) is 4.79 Å². The van der Waals surface area contributed by atoms with Crippen LogP contribution in [0.4, 0.5) is 8.78 Å². The minimum atomic E-state index is -0.933. The van der Waals surface area contributed by atoms with Crippen molar-refractivity contribution >= 4 is 5.91 Å². The predicted molar refractivity (Wildman–Crippen MR) is 68.4 cm³/mol. The van der Waals surface area contributed by atoms with Crippen molar-refractivity contribution in [3.8, 4) is 0 Å². The van der Waals surface area contributed by atoms with Crippen LogP contribution < -0.4 is 5.73 Å². The summed E-state index contributed by atoms with van der Waals surface area (Å²) in [5.41, 5.74) is 5.94. The van der Waals surface area contributed by atoms with Crippen molar-refractivity contribution in [2.45, 2.75) is 38.3 Å². The molecule has 1 aliphatic heterocycles. The van der Waals surface area contributed by atoms with Crippen LogP contribution in [0.2, 0.25) is 0 Å². The van der Waals surface area contributed by atoms with Crippen LogP contribution in [0, 0.1) is 11.6 Å². The van der Waals surface area contributed by atoms with Gasteiger partial charge in [0.2, 0.25) is 5.91 Å². The second kappa shape index (κ2) is 5.65. The Bertz CT molecular complexity index is 479. The minimum Gasteiger partial charge on any atom is -0.340 e. The van der Waals surface area contributed by atoms with Gasteiger partial charge in [-0.25, -0.2) is 8.78 Å². The van der Waals surface area contributed by atoms with Gasteiger partial charge in [-0.15, -0.1) is 0 Å². The van der Waals surface area contributed by atoms with Crippen molar-refractivity contribution in [3.63, 3.8) is 0 Å². The molecule has 2 unspecified atom stereocenters. The molecule has 1 fully saturated rings. The molecule has 1 aromatic rings. The number of halogens is 2. The van der Waals surface area contributed by atoms with Crippen molar-refractivity contribution < 1.29 is 13.6 Å². The van der Waals surface area contributed by atoms with Gasteiger partial charge in [-0.2, -0.15) is 0 Å². The quantitative estimate of drug-likeness (QED) is 0.889. The van der Waals surface area contributed by atoms with Crippen LogP contribution in [0.25, 0.3) is 0 Å². The van der Waals surface area contributed by atoms with Crippen LogP contribution in [0.15, 0.2) is 18.2 Å². The number of nitrogens with two attached hydrogens (primary N) is 1. The first-order valence-electron chi connectivity index (χ1n) is 6.47. The molecule has 19 heavy (non-hydrogen) atoms. The van der Waals surface area contributed by atoms with E-state index < -0.39 is 11.6 Å². The molecule has 0 bridgehead atoms. The molecule has 0 aliphatic carbocycles. The summed E-state index contributed by atoms with van der Waals surface area (Å²) in [5, 5.41) is 0. The maximum Gasteiger partial charge on any atom is 0.227 e. The van der Waals surface area contributed by atoms with Crippen molar-refractivity contribution in [1.82, 2.24) is 4.90 Å². The normalized spacial score (nSPS) is 23.5. The number of carbonyl (C=O) groups is 1. The summed E-state index contributed by atoms with van der Waals surface area (Å²) < 4.78 is 26.6. The summed E-state index contributed by atoms with van der Waals surface area (Å²) in [7, 11) is 0. The molecule has 2 atom stereocenters. The topological polar surface area (TPSA) is 46.3 Å². The van der Waals surface area contributed by atoms with Crippen molar-refractivity contribution in [3.05, 3.63) is 35.4 Å². The van der Waals surface area contributed by atoms with E-state index in [0.29, 0.717) is 6.54 Å². The number of likely N-dealkylation sites (tertiary alicyclic amines) is 1. The van der Waals surface area contributed by atoms with Gasteiger partial charge in [0.15, 0.2) is 11.6 Å². The molecule has 0 radical (unpaired) electrons. The van der Waals surface area contributed by atoms with Crippen molar-refractivity contribution in [2.75, 3.05) is 6.54 Å². The molecule has 0 spiro atoms. The zero-order valence-electron chi connectivity index (χ0n) is 10.9.